The van der Waals surface area contributed by atoms with Gasteiger partial charge in [0.1, 0.15) is 0 Å². The summed E-state index contributed by atoms with van der Waals surface area (Å²) >= 11 is 0. The number of rotatable bonds is 15. The van der Waals surface area contributed by atoms with Gasteiger partial charge in [0, 0.05) is 17.7 Å². The van der Waals surface area contributed by atoms with Gasteiger partial charge in [0.25, 0.3) is 5.91 Å². The van der Waals surface area contributed by atoms with Crippen LogP contribution in [-0.4, -0.2) is 27.9 Å². The summed E-state index contributed by atoms with van der Waals surface area (Å²) in [7, 11) is 0. The molecule has 0 aliphatic carbocycles. The molecule has 1 amide bonds. The van der Waals surface area contributed by atoms with E-state index in [-0.39, 0.29) is 18.7 Å². The largest absolute Gasteiger partial charge is 0.481 e. The van der Waals surface area contributed by atoms with Gasteiger partial charge in [-0.15, -0.1) is 0 Å². The Morgan fingerprint density at radius 3 is 1.94 bits per heavy atom. The van der Waals surface area contributed by atoms with Crippen LogP contribution in [0.4, 0.5) is 5.69 Å². The average molecular weight is 453 g/mol. The highest BCUT2D eigenvalue weighted by molar-refractivity contribution is 6.05. The molecule has 0 aliphatic heterocycles. The topological polar surface area (TPSA) is 99.0 Å². The summed E-state index contributed by atoms with van der Waals surface area (Å²) in [5.74, 6) is -1.15. The Bertz CT molecular complexity index is 889. The van der Waals surface area contributed by atoms with E-state index in [1.54, 1.807) is 24.3 Å². The summed E-state index contributed by atoms with van der Waals surface area (Å²) in [6.07, 6.45) is 11.4. The number of nitrogens with zero attached hydrogens (tertiary/aromatic N) is 1. The third-order valence-corrected chi connectivity index (χ3v) is 5.71. The zero-order valence-corrected chi connectivity index (χ0v) is 19.6. The van der Waals surface area contributed by atoms with Crippen LogP contribution in [-0.2, 0) is 11.2 Å². The van der Waals surface area contributed by atoms with Crippen molar-refractivity contribution in [3.63, 3.8) is 0 Å². The number of nitrogens with one attached hydrogen (secondary N) is 1. The van der Waals surface area contributed by atoms with Gasteiger partial charge in [-0.05, 0) is 48.2 Å². The second kappa shape index (κ2) is 14.8. The summed E-state index contributed by atoms with van der Waals surface area (Å²) in [5, 5.41) is 24.0. The highest BCUT2D eigenvalue weighted by Gasteiger charge is 2.10. The SMILES string of the molecule is CCCCCCCCCCc1ccc(C(=O)Nc2ccc(/C(CCC(=O)O)=N/O)cc2)cc1. The summed E-state index contributed by atoms with van der Waals surface area (Å²) in [6.45, 7) is 2.24. The van der Waals surface area contributed by atoms with E-state index in [1.165, 1.54) is 56.9 Å². The lowest BCUT2D eigenvalue weighted by atomic mass is 10.0. The molecular weight excluding hydrogens is 416 g/mol. The smallest absolute Gasteiger partial charge is 0.303 e. The third-order valence-electron chi connectivity index (χ3n) is 5.71. The predicted molar refractivity (Wildman–Crippen MR) is 132 cm³/mol. The fourth-order valence-electron chi connectivity index (χ4n) is 3.71. The minimum Gasteiger partial charge on any atom is -0.481 e. The van der Waals surface area contributed by atoms with Crippen molar-refractivity contribution >= 4 is 23.3 Å². The minimum absolute atomic E-state index is 0.118. The summed E-state index contributed by atoms with van der Waals surface area (Å²) in [6, 6.07) is 14.5. The Morgan fingerprint density at radius 2 is 1.36 bits per heavy atom. The summed E-state index contributed by atoms with van der Waals surface area (Å²) in [4.78, 5) is 23.3. The Kier molecular flexibility index (Phi) is 11.7. The number of carboxylic acids is 1. The zero-order chi connectivity index (χ0) is 23.9. The number of aliphatic carboxylic acids is 1. The van der Waals surface area contributed by atoms with Crippen LogP contribution in [0.25, 0.3) is 0 Å². The van der Waals surface area contributed by atoms with Crippen molar-refractivity contribution in [2.24, 2.45) is 5.16 Å². The molecule has 2 aromatic rings. The van der Waals surface area contributed by atoms with Crippen LogP contribution in [0.1, 0.15) is 92.6 Å². The van der Waals surface area contributed by atoms with Crippen LogP contribution in [0, 0.1) is 0 Å². The molecule has 0 unspecified atom stereocenters. The second-order valence-electron chi connectivity index (χ2n) is 8.39. The quantitative estimate of drug-likeness (QED) is 0.122. The normalized spacial score (nSPS) is 11.4. The van der Waals surface area contributed by atoms with Crippen LogP contribution >= 0.6 is 0 Å². The molecule has 0 spiro atoms. The van der Waals surface area contributed by atoms with Crippen molar-refractivity contribution in [1.82, 2.24) is 0 Å². The number of oxime groups is 1. The summed E-state index contributed by atoms with van der Waals surface area (Å²) < 4.78 is 0. The Balaban J connectivity index is 1.78. The molecule has 0 bridgehead atoms. The lowest BCUT2D eigenvalue weighted by Crippen LogP contribution is -2.12. The molecular formula is C27H36N2O4. The number of unbranched alkanes of at least 4 members (excludes halogenated alkanes) is 7. The molecule has 0 radical (unpaired) electrons. The zero-order valence-electron chi connectivity index (χ0n) is 19.6. The van der Waals surface area contributed by atoms with Crippen LogP contribution in [0.15, 0.2) is 53.7 Å². The van der Waals surface area contributed by atoms with Crippen molar-refractivity contribution in [1.29, 1.82) is 0 Å². The van der Waals surface area contributed by atoms with E-state index >= 15 is 0 Å². The number of carboxylic acid groups (broad SMARTS) is 1. The van der Waals surface area contributed by atoms with E-state index in [4.69, 9.17) is 10.3 Å². The number of benzene rings is 2. The molecule has 178 valence electrons. The molecule has 2 aromatic carbocycles. The molecule has 0 aliphatic rings. The van der Waals surface area contributed by atoms with Crippen LogP contribution < -0.4 is 5.32 Å². The van der Waals surface area contributed by atoms with Gasteiger partial charge in [0.15, 0.2) is 0 Å². The first-order valence-electron chi connectivity index (χ1n) is 12.0. The van der Waals surface area contributed by atoms with Gasteiger partial charge in [-0.1, -0.05) is 81.3 Å². The first-order chi connectivity index (χ1) is 16.0. The van der Waals surface area contributed by atoms with Gasteiger partial charge < -0.3 is 15.6 Å². The molecule has 0 fully saturated rings. The molecule has 2 rings (SSSR count). The first kappa shape index (κ1) is 26.1. The van der Waals surface area contributed by atoms with Crippen molar-refractivity contribution in [2.45, 2.75) is 77.6 Å². The molecule has 6 heteroatoms. The highest BCUT2D eigenvalue weighted by Crippen LogP contribution is 2.16. The first-order valence-corrected chi connectivity index (χ1v) is 12.0. The molecule has 6 nitrogen and oxygen atoms in total. The van der Waals surface area contributed by atoms with Gasteiger partial charge in [-0.25, -0.2) is 0 Å². The number of hydrogen-bond donors (Lipinski definition) is 3. The lowest BCUT2D eigenvalue weighted by Gasteiger charge is -2.08. The number of anilines is 1. The number of hydrogen-bond acceptors (Lipinski definition) is 4. The van der Waals surface area contributed by atoms with Crippen molar-refractivity contribution in [3.8, 4) is 0 Å². The van der Waals surface area contributed by atoms with Gasteiger partial charge >= 0.3 is 5.97 Å². The minimum atomic E-state index is -0.955. The number of carbonyl (C=O) groups excluding carboxylic acids is 1. The second-order valence-corrected chi connectivity index (χ2v) is 8.39. The highest BCUT2D eigenvalue weighted by atomic mass is 16.4. The monoisotopic (exact) mass is 452 g/mol. The fraction of sp³-hybridized carbons (Fsp3) is 0.444. The Labute approximate surface area is 196 Å². The van der Waals surface area contributed by atoms with Crippen molar-refractivity contribution < 1.29 is 19.9 Å². The Hall–Kier alpha value is -3.15. The van der Waals surface area contributed by atoms with Crippen LogP contribution in [0.2, 0.25) is 0 Å². The van der Waals surface area contributed by atoms with Crippen LogP contribution in [0.5, 0.6) is 0 Å². The van der Waals surface area contributed by atoms with E-state index in [0.29, 0.717) is 22.5 Å². The van der Waals surface area contributed by atoms with Crippen molar-refractivity contribution in [3.05, 3.63) is 65.2 Å². The van der Waals surface area contributed by atoms with Crippen molar-refractivity contribution in [2.75, 3.05) is 5.32 Å². The van der Waals surface area contributed by atoms with Gasteiger partial charge in [0.2, 0.25) is 0 Å². The molecule has 0 heterocycles. The predicted octanol–water partition coefficient (Wildman–Crippen LogP) is 6.67. The number of amides is 1. The lowest BCUT2D eigenvalue weighted by molar-refractivity contribution is -0.136. The third kappa shape index (κ3) is 9.89. The van der Waals surface area contributed by atoms with Gasteiger partial charge in [-0.3, -0.25) is 9.59 Å². The van der Waals surface area contributed by atoms with Crippen LogP contribution in [0.3, 0.4) is 0 Å². The molecule has 33 heavy (non-hydrogen) atoms. The molecule has 0 atom stereocenters. The fourth-order valence-corrected chi connectivity index (χ4v) is 3.71. The maximum Gasteiger partial charge on any atom is 0.303 e. The molecule has 3 N–H and O–H groups in total. The summed E-state index contributed by atoms with van der Waals surface area (Å²) in [5.41, 5.74) is 3.36. The van der Waals surface area contributed by atoms with E-state index in [0.717, 1.165) is 6.42 Å². The Morgan fingerprint density at radius 1 is 0.788 bits per heavy atom. The average Bonchev–Trinajstić information content (AvgIpc) is 2.82. The molecule has 0 saturated heterocycles. The van der Waals surface area contributed by atoms with E-state index < -0.39 is 5.97 Å². The number of carbonyl (C=O) groups is 2. The van der Waals surface area contributed by atoms with E-state index in [2.05, 4.69) is 17.4 Å². The maximum absolute atomic E-state index is 12.5. The van der Waals surface area contributed by atoms with E-state index in [9.17, 15) is 9.59 Å². The maximum atomic E-state index is 12.5. The molecule has 0 saturated carbocycles. The standard InChI is InChI=1S/C27H36N2O4/c1-2-3-4-5-6-7-8-9-10-21-11-13-23(14-12-21)27(32)28-24-17-15-22(16-18-24)25(29-33)19-20-26(30)31/h11-18,33H,2-10,19-20H2,1H3,(H,28,32)(H,30,31)/b29-25+. The van der Waals surface area contributed by atoms with Gasteiger partial charge in [0.05, 0.1) is 12.1 Å². The van der Waals surface area contributed by atoms with Gasteiger partial charge in [-0.2, -0.15) is 0 Å². The number of aryl methyl sites for hydroxylation is 1. The van der Waals surface area contributed by atoms with E-state index in [1.807, 2.05) is 24.3 Å². The molecule has 0 aromatic heterocycles.